The largest absolute Gasteiger partial charge is 0.266 e. The van der Waals surface area contributed by atoms with Crippen LogP contribution in [0.1, 0.15) is 19.4 Å². The fourth-order valence-corrected chi connectivity index (χ4v) is 1.29. The molecule has 0 aliphatic carbocycles. The van der Waals surface area contributed by atoms with E-state index in [1.54, 1.807) is 0 Å². The molecule has 0 unspecified atom stereocenters. The molecular formula is C10H13ClN2. The Morgan fingerprint density at radius 2 is 2.00 bits per heavy atom. The van der Waals surface area contributed by atoms with Gasteiger partial charge in [0.05, 0.1) is 5.52 Å². The van der Waals surface area contributed by atoms with E-state index in [0.29, 0.717) is 5.15 Å². The highest BCUT2D eigenvalue weighted by atomic mass is 35.5. The van der Waals surface area contributed by atoms with Crippen LogP contribution in [-0.2, 0) is 0 Å². The van der Waals surface area contributed by atoms with E-state index >= 15 is 0 Å². The Morgan fingerprint density at radius 1 is 1.31 bits per heavy atom. The van der Waals surface area contributed by atoms with Crippen molar-refractivity contribution in [2.75, 3.05) is 0 Å². The molecule has 0 spiro atoms. The van der Waals surface area contributed by atoms with Gasteiger partial charge >= 0.3 is 0 Å². The van der Waals surface area contributed by atoms with E-state index in [4.69, 9.17) is 11.6 Å². The molecule has 1 aromatic heterocycles. The summed E-state index contributed by atoms with van der Waals surface area (Å²) in [6.45, 7) is 6.03. The van der Waals surface area contributed by atoms with Crippen LogP contribution in [0.15, 0.2) is 18.2 Å². The van der Waals surface area contributed by atoms with Crippen molar-refractivity contribution in [2.24, 2.45) is 0 Å². The lowest BCUT2D eigenvalue weighted by molar-refractivity contribution is 1.12. The van der Waals surface area contributed by atoms with Crippen LogP contribution in [0.5, 0.6) is 0 Å². The molecular weight excluding hydrogens is 184 g/mol. The number of aromatic amines is 1. The van der Waals surface area contributed by atoms with Crippen LogP contribution in [0, 0.1) is 6.92 Å². The van der Waals surface area contributed by atoms with Crippen LogP contribution >= 0.6 is 11.6 Å². The zero-order valence-corrected chi connectivity index (χ0v) is 8.81. The summed E-state index contributed by atoms with van der Waals surface area (Å²) in [5.74, 6) is 0. The predicted molar refractivity (Wildman–Crippen MR) is 57.2 cm³/mol. The first-order valence-electron chi connectivity index (χ1n) is 4.37. The summed E-state index contributed by atoms with van der Waals surface area (Å²) in [7, 11) is 0. The fourth-order valence-electron chi connectivity index (χ4n) is 1.09. The van der Waals surface area contributed by atoms with Crippen LogP contribution in [0.25, 0.3) is 10.9 Å². The molecule has 2 nitrogen and oxygen atoms in total. The highest BCUT2D eigenvalue weighted by molar-refractivity contribution is 6.34. The second-order valence-corrected chi connectivity index (χ2v) is 2.94. The first-order chi connectivity index (χ1) is 6.27. The van der Waals surface area contributed by atoms with Gasteiger partial charge in [-0.2, -0.15) is 5.10 Å². The van der Waals surface area contributed by atoms with Gasteiger partial charge in [0.25, 0.3) is 0 Å². The number of aryl methyl sites for hydroxylation is 1. The molecule has 1 aromatic carbocycles. The molecule has 0 aliphatic heterocycles. The van der Waals surface area contributed by atoms with Crippen molar-refractivity contribution in [1.29, 1.82) is 0 Å². The molecule has 1 N–H and O–H groups in total. The van der Waals surface area contributed by atoms with E-state index in [-0.39, 0.29) is 0 Å². The number of H-pyrrole nitrogens is 1. The SMILES string of the molecule is CC.Cc1ccc2n[nH]c(Cl)c2c1. The van der Waals surface area contributed by atoms with Gasteiger partial charge in [0.2, 0.25) is 0 Å². The van der Waals surface area contributed by atoms with Crippen molar-refractivity contribution in [1.82, 2.24) is 10.2 Å². The molecule has 0 atom stereocenters. The Labute approximate surface area is 82.9 Å². The highest BCUT2D eigenvalue weighted by Gasteiger charge is 2.00. The minimum atomic E-state index is 0.615. The monoisotopic (exact) mass is 196 g/mol. The van der Waals surface area contributed by atoms with Gasteiger partial charge in [0, 0.05) is 5.39 Å². The topological polar surface area (TPSA) is 28.7 Å². The Kier molecular flexibility index (Phi) is 3.32. The standard InChI is InChI=1S/C8H7ClN2.C2H6/c1-5-2-3-7-6(4-5)8(9)11-10-7;1-2/h2-4H,1H3,(H,10,11);1-2H3. The maximum Gasteiger partial charge on any atom is 0.132 e. The molecule has 0 amide bonds. The van der Waals surface area contributed by atoms with E-state index in [1.807, 2.05) is 39.0 Å². The molecule has 70 valence electrons. The summed E-state index contributed by atoms with van der Waals surface area (Å²) in [5, 5.41) is 8.33. The maximum atomic E-state index is 5.83. The zero-order chi connectivity index (χ0) is 9.84. The van der Waals surface area contributed by atoms with Gasteiger partial charge in [-0.3, -0.25) is 5.10 Å². The van der Waals surface area contributed by atoms with Crippen molar-refractivity contribution >= 4 is 22.5 Å². The molecule has 0 fully saturated rings. The molecule has 0 saturated heterocycles. The van der Waals surface area contributed by atoms with E-state index in [2.05, 4.69) is 10.2 Å². The minimum absolute atomic E-state index is 0.615. The van der Waals surface area contributed by atoms with Gasteiger partial charge in [-0.25, -0.2) is 0 Å². The van der Waals surface area contributed by atoms with Crippen LogP contribution in [0.3, 0.4) is 0 Å². The summed E-state index contributed by atoms with van der Waals surface area (Å²) in [4.78, 5) is 0. The van der Waals surface area contributed by atoms with Crippen molar-refractivity contribution in [3.63, 3.8) is 0 Å². The Morgan fingerprint density at radius 3 is 2.69 bits per heavy atom. The first kappa shape index (κ1) is 10.1. The van der Waals surface area contributed by atoms with Crippen LogP contribution in [0.2, 0.25) is 5.15 Å². The maximum absolute atomic E-state index is 5.83. The smallest absolute Gasteiger partial charge is 0.132 e. The van der Waals surface area contributed by atoms with Crippen LogP contribution in [0.4, 0.5) is 0 Å². The van der Waals surface area contributed by atoms with E-state index < -0.39 is 0 Å². The summed E-state index contributed by atoms with van der Waals surface area (Å²) in [6, 6.07) is 5.98. The summed E-state index contributed by atoms with van der Waals surface area (Å²) >= 11 is 5.83. The van der Waals surface area contributed by atoms with Gasteiger partial charge < -0.3 is 0 Å². The molecule has 3 heteroatoms. The number of aromatic nitrogens is 2. The Balaban J connectivity index is 0.000000396. The third-order valence-electron chi connectivity index (χ3n) is 1.66. The van der Waals surface area contributed by atoms with Gasteiger partial charge in [-0.1, -0.05) is 37.1 Å². The third-order valence-corrected chi connectivity index (χ3v) is 1.95. The number of nitrogens with zero attached hydrogens (tertiary/aromatic N) is 1. The fraction of sp³-hybridized carbons (Fsp3) is 0.300. The van der Waals surface area contributed by atoms with E-state index in [1.165, 1.54) is 5.56 Å². The normalized spacial score (nSPS) is 9.54. The number of fused-ring (bicyclic) bond motifs is 1. The number of hydrogen-bond acceptors (Lipinski definition) is 1. The number of hydrogen-bond donors (Lipinski definition) is 1. The van der Waals surface area contributed by atoms with Crippen molar-refractivity contribution in [2.45, 2.75) is 20.8 Å². The molecule has 1 heterocycles. The van der Waals surface area contributed by atoms with Gasteiger partial charge in [0.15, 0.2) is 0 Å². The van der Waals surface area contributed by atoms with Crippen LogP contribution in [-0.4, -0.2) is 10.2 Å². The second kappa shape index (κ2) is 4.28. The summed E-state index contributed by atoms with van der Waals surface area (Å²) < 4.78 is 0. The molecule has 0 aliphatic rings. The van der Waals surface area contributed by atoms with Crippen molar-refractivity contribution in [3.05, 3.63) is 28.9 Å². The van der Waals surface area contributed by atoms with Crippen LogP contribution < -0.4 is 0 Å². The molecule has 2 rings (SSSR count). The third kappa shape index (κ3) is 2.01. The van der Waals surface area contributed by atoms with Gasteiger partial charge in [-0.15, -0.1) is 0 Å². The molecule has 2 aromatic rings. The van der Waals surface area contributed by atoms with Gasteiger partial charge in [0.1, 0.15) is 5.15 Å². The molecule has 0 bridgehead atoms. The average Bonchev–Trinajstić information content (AvgIpc) is 2.52. The summed E-state index contributed by atoms with van der Waals surface area (Å²) in [5.41, 5.74) is 2.11. The lowest BCUT2D eigenvalue weighted by atomic mass is 10.2. The Hall–Kier alpha value is -1.02. The molecule has 0 radical (unpaired) electrons. The first-order valence-corrected chi connectivity index (χ1v) is 4.75. The number of benzene rings is 1. The lowest BCUT2D eigenvalue weighted by Crippen LogP contribution is -1.70. The second-order valence-electron chi connectivity index (χ2n) is 2.56. The Bertz CT molecular complexity index is 393. The van der Waals surface area contributed by atoms with E-state index in [0.717, 1.165) is 10.9 Å². The average molecular weight is 197 g/mol. The van der Waals surface area contributed by atoms with E-state index in [9.17, 15) is 0 Å². The molecule has 13 heavy (non-hydrogen) atoms. The quantitative estimate of drug-likeness (QED) is 0.686. The minimum Gasteiger partial charge on any atom is -0.266 e. The number of nitrogens with one attached hydrogen (secondary N) is 1. The molecule has 0 saturated carbocycles. The number of rotatable bonds is 0. The summed E-state index contributed by atoms with van der Waals surface area (Å²) in [6.07, 6.45) is 0. The highest BCUT2D eigenvalue weighted by Crippen LogP contribution is 2.20. The lowest BCUT2D eigenvalue weighted by Gasteiger charge is -1.90. The van der Waals surface area contributed by atoms with Gasteiger partial charge in [-0.05, 0) is 19.1 Å². The van der Waals surface area contributed by atoms with Crippen molar-refractivity contribution in [3.8, 4) is 0 Å². The number of halogens is 1. The van der Waals surface area contributed by atoms with Crippen molar-refractivity contribution < 1.29 is 0 Å². The zero-order valence-electron chi connectivity index (χ0n) is 8.06. The predicted octanol–water partition coefficient (Wildman–Crippen LogP) is 3.55.